The van der Waals surface area contributed by atoms with Crippen LogP contribution in [-0.4, -0.2) is 65.2 Å². The summed E-state index contributed by atoms with van der Waals surface area (Å²) in [6, 6.07) is -1.25. The number of carbonyl (C=O) groups excluding carboxylic acids is 3. The number of hydrogen-bond acceptors (Lipinski definition) is 5. The van der Waals surface area contributed by atoms with Crippen LogP contribution < -0.4 is 16.8 Å². The molecule has 1 unspecified atom stereocenters. The van der Waals surface area contributed by atoms with Gasteiger partial charge in [0, 0.05) is 13.1 Å². The zero-order valence-electron chi connectivity index (χ0n) is 12.4. The highest BCUT2D eigenvalue weighted by atomic mass is 16.2. The van der Waals surface area contributed by atoms with Crippen LogP contribution in [0.3, 0.4) is 0 Å². The molecule has 2 fully saturated rings. The van der Waals surface area contributed by atoms with E-state index in [1.54, 1.807) is 0 Å². The van der Waals surface area contributed by atoms with Crippen LogP contribution in [0.4, 0.5) is 0 Å². The number of nitrogens with zero attached hydrogens (tertiary/aromatic N) is 2. The highest BCUT2D eigenvalue weighted by Gasteiger charge is 2.33. The van der Waals surface area contributed by atoms with Gasteiger partial charge >= 0.3 is 0 Å². The molecule has 122 valence electrons. The lowest BCUT2D eigenvalue weighted by atomic mass is 10.0. The van der Waals surface area contributed by atoms with E-state index in [-0.39, 0.29) is 24.3 Å². The maximum atomic E-state index is 12.1. The summed E-state index contributed by atoms with van der Waals surface area (Å²) in [6.45, 7) is 0.786. The van der Waals surface area contributed by atoms with Crippen LogP contribution in [0.25, 0.3) is 0 Å². The van der Waals surface area contributed by atoms with Gasteiger partial charge in [-0.15, -0.1) is 0 Å². The molecule has 22 heavy (non-hydrogen) atoms. The van der Waals surface area contributed by atoms with Crippen LogP contribution in [0.1, 0.15) is 25.7 Å². The number of amides is 3. The molecule has 9 nitrogen and oxygen atoms in total. The van der Waals surface area contributed by atoms with Crippen molar-refractivity contribution in [2.24, 2.45) is 11.5 Å². The van der Waals surface area contributed by atoms with Gasteiger partial charge in [0.2, 0.25) is 11.8 Å². The fourth-order valence-electron chi connectivity index (χ4n) is 2.79. The Kier molecular flexibility index (Phi) is 4.96. The second-order valence-corrected chi connectivity index (χ2v) is 5.65. The summed E-state index contributed by atoms with van der Waals surface area (Å²) < 4.78 is 0. The first-order chi connectivity index (χ1) is 10.4. The molecule has 0 aromatic rings. The van der Waals surface area contributed by atoms with E-state index in [1.165, 1.54) is 4.90 Å². The lowest BCUT2D eigenvalue weighted by molar-refractivity contribution is -0.140. The van der Waals surface area contributed by atoms with Crippen molar-refractivity contribution in [3.05, 3.63) is 0 Å². The molecule has 2 aliphatic heterocycles. The predicted molar refractivity (Wildman–Crippen MR) is 78.6 cm³/mol. The molecule has 2 aliphatic rings. The smallest absolute Gasteiger partial charge is 0.251 e. The monoisotopic (exact) mass is 310 g/mol. The molecule has 0 aromatic heterocycles. The van der Waals surface area contributed by atoms with Gasteiger partial charge in [0.1, 0.15) is 6.04 Å². The van der Waals surface area contributed by atoms with E-state index in [4.69, 9.17) is 16.9 Å². The van der Waals surface area contributed by atoms with Crippen molar-refractivity contribution >= 4 is 23.7 Å². The maximum Gasteiger partial charge on any atom is 0.251 e. The molecular weight excluding hydrogens is 288 g/mol. The van der Waals surface area contributed by atoms with Crippen molar-refractivity contribution in [3.8, 4) is 0 Å². The number of rotatable bonds is 3. The lowest BCUT2D eigenvalue weighted by Gasteiger charge is -2.33. The van der Waals surface area contributed by atoms with Crippen LogP contribution in [0.5, 0.6) is 0 Å². The third-order valence-electron chi connectivity index (χ3n) is 3.97. The van der Waals surface area contributed by atoms with Crippen molar-refractivity contribution in [2.75, 3.05) is 19.6 Å². The molecule has 0 radical (unpaired) electrons. The summed E-state index contributed by atoms with van der Waals surface area (Å²) >= 11 is 0. The largest absolute Gasteiger partial charge is 0.370 e. The lowest BCUT2D eigenvalue weighted by Crippen LogP contribution is -2.57. The Morgan fingerprint density at radius 2 is 1.91 bits per heavy atom. The van der Waals surface area contributed by atoms with Crippen molar-refractivity contribution < 1.29 is 14.4 Å². The molecule has 2 atom stereocenters. The fourth-order valence-corrected chi connectivity index (χ4v) is 2.79. The topological polar surface area (TPSA) is 146 Å². The van der Waals surface area contributed by atoms with Crippen molar-refractivity contribution in [1.29, 1.82) is 5.41 Å². The number of nitrogens with one attached hydrogen (secondary N) is 2. The highest BCUT2D eigenvalue weighted by Crippen LogP contribution is 2.12. The minimum atomic E-state index is -0.696. The van der Waals surface area contributed by atoms with Gasteiger partial charge in [-0.1, -0.05) is 0 Å². The SMILES string of the molecule is N=C(N)N1CCC[C@@H](NC(=O)CN2CCCC(N)C2=O)C1=O. The minimum absolute atomic E-state index is 0.101. The Bertz CT molecular complexity index is 494. The summed E-state index contributed by atoms with van der Waals surface area (Å²) in [5.74, 6) is -1.33. The third kappa shape index (κ3) is 3.53. The van der Waals surface area contributed by atoms with Crippen LogP contribution in [0, 0.1) is 5.41 Å². The first-order valence-corrected chi connectivity index (χ1v) is 7.39. The van der Waals surface area contributed by atoms with E-state index in [0.29, 0.717) is 32.4 Å². The molecular formula is C13H22N6O3. The zero-order valence-corrected chi connectivity index (χ0v) is 12.4. The van der Waals surface area contributed by atoms with E-state index < -0.39 is 18.0 Å². The average Bonchev–Trinajstić information content (AvgIpc) is 2.46. The first kappa shape index (κ1) is 16.2. The quantitative estimate of drug-likeness (QED) is 0.350. The van der Waals surface area contributed by atoms with Crippen LogP contribution in [0.15, 0.2) is 0 Å². The molecule has 0 bridgehead atoms. The van der Waals surface area contributed by atoms with Crippen LogP contribution >= 0.6 is 0 Å². The minimum Gasteiger partial charge on any atom is -0.370 e. The number of carbonyl (C=O) groups is 3. The number of piperidine rings is 2. The molecule has 9 heteroatoms. The van der Waals surface area contributed by atoms with Gasteiger partial charge in [0.25, 0.3) is 5.91 Å². The van der Waals surface area contributed by atoms with Crippen molar-refractivity contribution in [2.45, 2.75) is 37.8 Å². The molecule has 3 amide bonds. The summed E-state index contributed by atoms with van der Waals surface area (Å²) in [6.07, 6.45) is 2.55. The molecule has 0 spiro atoms. The van der Waals surface area contributed by atoms with Crippen LogP contribution in [-0.2, 0) is 14.4 Å². The molecule has 2 rings (SSSR count). The highest BCUT2D eigenvalue weighted by molar-refractivity contribution is 5.99. The van der Waals surface area contributed by atoms with Crippen LogP contribution in [0.2, 0.25) is 0 Å². The average molecular weight is 310 g/mol. The van der Waals surface area contributed by atoms with E-state index in [2.05, 4.69) is 5.32 Å². The molecule has 2 saturated heterocycles. The first-order valence-electron chi connectivity index (χ1n) is 7.39. The van der Waals surface area contributed by atoms with Gasteiger partial charge in [-0.05, 0) is 25.7 Å². The number of guanidine groups is 1. The normalized spacial score (nSPS) is 26.0. The maximum absolute atomic E-state index is 12.1. The van der Waals surface area contributed by atoms with Crippen molar-refractivity contribution in [3.63, 3.8) is 0 Å². The Labute approximate surface area is 128 Å². The van der Waals surface area contributed by atoms with Gasteiger partial charge in [0.05, 0.1) is 12.6 Å². The third-order valence-corrected chi connectivity index (χ3v) is 3.97. The fraction of sp³-hybridized carbons (Fsp3) is 0.692. The standard InChI is InChI=1S/C13H22N6O3/c14-8-3-1-5-18(11(8)21)7-10(20)17-9-4-2-6-19(12(9)22)13(15)16/h8-9H,1-7,14H2,(H3,15,16)(H,17,20)/t8?,9-/m1/s1. The van der Waals surface area contributed by atoms with Gasteiger partial charge in [-0.2, -0.15) is 0 Å². The molecule has 0 saturated carbocycles. The van der Waals surface area contributed by atoms with E-state index in [0.717, 1.165) is 11.3 Å². The second-order valence-electron chi connectivity index (χ2n) is 5.65. The van der Waals surface area contributed by atoms with Gasteiger partial charge in [-0.25, -0.2) is 0 Å². The number of likely N-dealkylation sites (tertiary alicyclic amines) is 2. The Hall–Kier alpha value is -2.16. The number of nitrogens with two attached hydrogens (primary N) is 2. The summed E-state index contributed by atoms with van der Waals surface area (Å²) in [4.78, 5) is 38.6. The zero-order chi connectivity index (χ0) is 16.3. The Morgan fingerprint density at radius 1 is 1.23 bits per heavy atom. The van der Waals surface area contributed by atoms with Gasteiger partial charge < -0.3 is 21.7 Å². The Balaban J connectivity index is 1.90. The predicted octanol–water partition coefficient (Wildman–Crippen LogP) is -2.06. The van der Waals surface area contributed by atoms with Gasteiger partial charge in [-0.3, -0.25) is 24.7 Å². The molecule has 6 N–H and O–H groups in total. The van der Waals surface area contributed by atoms with E-state index >= 15 is 0 Å². The second kappa shape index (κ2) is 6.73. The molecule has 0 aliphatic carbocycles. The number of hydrogen-bond donors (Lipinski definition) is 4. The van der Waals surface area contributed by atoms with Gasteiger partial charge in [0.15, 0.2) is 5.96 Å². The molecule has 0 aromatic carbocycles. The van der Waals surface area contributed by atoms with Crippen molar-refractivity contribution in [1.82, 2.24) is 15.1 Å². The van der Waals surface area contributed by atoms with E-state index in [9.17, 15) is 14.4 Å². The summed E-state index contributed by atoms with van der Waals surface area (Å²) in [5, 5.41) is 9.97. The molecule has 2 heterocycles. The summed E-state index contributed by atoms with van der Waals surface area (Å²) in [5.41, 5.74) is 11.0. The summed E-state index contributed by atoms with van der Waals surface area (Å²) in [7, 11) is 0. The van der Waals surface area contributed by atoms with E-state index in [1.807, 2.05) is 0 Å². The Morgan fingerprint density at radius 3 is 2.59 bits per heavy atom.